The van der Waals surface area contributed by atoms with Crippen molar-refractivity contribution in [3.8, 4) is 11.5 Å². The number of amidine groups is 1. The number of rotatable bonds is 5. The summed E-state index contributed by atoms with van der Waals surface area (Å²) in [6.45, 7) is 5.26. The molecule has 0 aliphatic carbocycles. The van der Waals surface area contributed by atoms with E-state index in [9.17, 15) is 9.59 Å². The molecule has 1 N–H and O–H groups in total. The Hall–Kier alpha value is -3.00. The first-order valence-electron chi connectivity index (χ1n) is 9.07. The third-order valence-corrected chi connectivity index (χ3v) is 5.46. The average Bonchev–Trinajstić information content (AvgIpc) is 3.10. The Labute approximate surface area is 174 Å². The Morgan fingerprint density at radius 2 is 1.97 bits per heavy atom. The highest BCUT2D eigenvalue weighted by atomic mass is 32.2. The lowest BCUT2D eigenvalue weighted by Crippen LogP contribution is -2.25. The van der Waals surface area contributed by atoms with Crippen molar-refractivity contribution in [3.63, 3.8) is 0 Å². The van der Waals surface area contributed by atoms with Crippen molar-refractivity contribution in [1.29, 1.82) is 0 Å². The van der Waals surface area contributed by atoms with E-state index in [1.807, 2.05) is 49.4 Å². The highest BCUT2D eigenvalue weighted by Gasteiger charge is 2.34. The van der Waals surface area contributed by atoms with Gasteiger partial charge in [0.15, 0.2) is 5.17 Å². The zero-order chi connectivity index (χ0) is 21.0. The molecule has 8 heteroatoms. The summed E-state index contributed by atoms with van der Waals surface area (Å²) in [7, 11) is 1.58. The van der Waals surface area contributed by atoms with E-state index in [2.05, 4.69) is 10.4 Å². The molecule has 2 aromatic carbocycles. The molecule has 29 heavy (non-hydrogen) atoms. The molecule has 0 saturated carbocycles. The summed E-state index contributed by atoms with van der Waals surface area (Å²) in [6, 6.07) is 13.5. The van der Waals surface area contributed by atoms with E-state index in [4.69, 9.17) is 9.47 Å². The Balaban J connectivity index is 1.91. The van der Waals surface area contributed by atoms with Crippen molar-refractivity contribution >= 4 is 28.7 Å². The molecular weight excluding hydrogens is 390 g/mol. The molecule has 152 valence electrons. The average molecular weight is 413 g/mol. The second-order valence-corrected chi connectivity index (χ2v) is 7.61. The predicted molar refractivity (Wildman–Crippen MR) is 113 cm³/mol. The number of nitrogens with zero attached hydrogens (tertiary/aromatic N) is 2. The SMILES string of the molecule is COc1ccc(OCc2ccccc2C)c(C2SC(NC(C)=O)=NN2C(C)=O)c1. The van der Waals surface area contributed by atoms with Gasteiger partial charge >= 0.3 is 0 Å². The van der Waals surface area contributed by atoms with Gasteiger partial charge in [-0.2, -0.15) is 0 Å². The van der Waals surface area contributed by atoms with Crippen LogP contribution in [0.15, 0.2) is 47.6 Å². The van der Waals surface area contributed by atoms with Crippen LogP contribution in [0.5, 0.6) is 11.5 Å². The van der Waals surface area contributed by atoms with Crippen molar-refractivity contribution in [2.75, 3.05) is 7.11 Å². The molecule has 0 saturated heterocycles. The standard InChI is InChI=1S/C21H23N3O4S/c1-13-7-5-6-8-16(13)12-28-19-10-9-17(27-4)11-18(19)20-24(15(3)26)23-21(29-20)22-14(2)25/h5-11,20H,12H2,1-4H3,(H,22,23,25). The number of aryl methyl sites for hydroxylation is 1. The maximum Gasteiger partial charge on any atom is 0.241 e. The normalized spacial score (nSPS) is 15.7. The topological polar surface area (TPSA) is 80.2 Å². The van der Waals surface area contributed by atoms with E-state index in [-0.39, 0.29) is 11.8 Å². The van der Waals surface area contributed by atoms with E-state index >= 15 is 0 Å². The third kappa shape index (κ3) is 4.89. The molecule has 0 spiro atoms. The van der Waals surface area contributed by atoms with Crippen LogP contribution >= 0.6 is 11.8 Å². The van der Waals surface area contributed by atoms with Gasteiger partial charge in [-0.25, -0.2) is 5.01 Å². The van der Waals surface area contributed by atoms with Crippen LogP contribution < -0.4 is 14.8 Å². The molecule has 0 fully saturated rings. The van der Waals surface area contributed by atoms with Crippen LogP contribution in [0.2, 0.25) is 0 Å². The van der Waals surface area contributed by atoms with Gasteiger partial charge in [0.05, 0.1) is 7.11 Å². The van der Waals surface area contributed by atoms with Crippen molar-refractivity contribution < 1.29 is 19.1 Å². The van der Waals surface area contributed by atoms with Gasteiger partial charge in [0.25, 0.3) is 0 Å². The first kappa shape index (κ1) is 20.7. The summed E-state index contributed by atoms with van der Waals surface area (Å²) in [4.78, 5) is 23.6. The number of nitrogens with one attached hydrogen (secondary N) is 1. The number of benzene rings is 2. The summed E-state index contributed by atoms with van der Waals surface area (Å²) in [5, 5.41) is 8.13. The molecule has 1 aliphatic heterocycles. The van der Waals surface area contributed by atoms with E-state index in [1.165, 1.54) is 30.6 Å². The van der Waals surface area contributed by atoms with Gasteiger partial charge in [-0.15, -0.1) is 5.10 Å². The van der Waals surface area contributed by atoms with Crippen LogP contribution in [0.3, 0.4) is 0 Å². The maximum absolute atomic E-state index is 12.2. The van der Waals surface area contributed by atoms with Crippen LogP contribution in [0.25, 0.3) is 0 Å². The number of hydrogen-bond donors (Lipinski definition) is 1. The minimum atomic E-state index is -0.476. The summed E-state index contributed by atoms with van der Waals surface area (Å²) in [5.74, 6) is 0.773. The fraction of sp³-hybridized carbons (Fsp3) is 0.286. The summed E-state index contributed by atoms with van der Waals surface area (Å²) < 4.78 is 11.5. The van der Waals surface area contributed by atoms with Crippen molar-refractivity contribution in [2.45, 2.75) is 32.8 Å². The van der Waals surface area contributed by atoms with Gasteiger partial charge < -0.3 is 14.8 Å². The molecule has 0 bridgehead atoms. The van der Waals surface area contributed by atoms with Crippen LogP contribution in [0, 0.1) is 6.92 Å². The van der Waals surface area contributed by atoms with Gasteiger partial charge in [-0.3, -0.25) is 9.59 Å². The second-order valence-electron chi connectivity index (χ2n) is 6.54. The first-order chi connectivity index (χ1) is 13.9. The molecule has 3 rings (SSSR count). The number of hydrogen-bond acceptors (Lipinski definition) is 6. The molecule has 7 nitrogen and oxygen atoms in total. The Kier molecular flexibility index (Phi) is 6.43. The number of methoxy groups -OCH3 is 1. The zero-order valence-corrected chi connectivity index (χ0v) is 17.6. The number of ether oxygens (including phenoxy) is 2. The van der Waals surface area contributed by atoms with Gasteiger partial charge in [0.1, 0.15) is 23.5 Å². The molecule has 2 aromatic rings. The first-order valence-corrected chi connectivity index (χ1v) is 9.95. The van der Waals surface area contributed by atoms with E-state index in [0.717, 1.165) is 16.7 Å². The Morgan fingerprint density at radius 3 is 2.62 bits per heavy atom. The summed E-state index contributed by atoms with van der Waals surface area (Å²) in [5.41, 5.74) is 2.95. The molecule has 0 aromatic heterocycles. The molecule has 1 unspecified atom stereocenters. The lowest BCUT2D eigenvalue weighted by atomic mass is 10.1. The lowest BCUT2D eigenvalue weighted by Gasteiger charge is -2.22. The number of carbonyl (C=O) groups is 2. The van der Waals surface area contributed by atoms with Crippen LogP contribution in [0.4, 0.5) is 0 Å². The molecular formula is C21H23N3O4S. The predicted octanol–water partition coefficient (Wildman–Crippen LogP) is 3.58. The smallest absolute Gasteiger partial charge is 0.241 e. The maximum atomic E-state index is 12.2. The number of thioether (sulfide) groups is 1. The van der Waals surface area contributed by atoms with Crippen molar-refractivity contribution in [2.24, 2.45) is 5.10 Å². The molecule has 0 radical (unpaired) electrons. The van der Waals surface area contributed by atoms with E-state index in [1.54, 1.807) is 7.11 Å². The second kappa shape index (κ2) is 9.00. The quantitative estimate of drug-likeness (QED) is 0.810. The minimum absolute atomic E-state index is 0.240. The van der Waals surface area contributed by atoms with Crippen LogP contribution in [0.1, 0.15) is 35.9 Å². The number of carbonyl (C=O) groups excluding carboxylic acids is 2. The van der Waals surface area contributed by atoms with Gasteiger partial charge in [0, 0.05) is 19.4 Å². The largest absolute Gasteiger partial charge is 0.497 e. The Bertz CT molecular complexity index is 961. The van der Waals surface area contributed by atoms with E-state index in [0.29, 0.717) is 23.3 Å². The monoisotopic (exact) mass is 413 g/mol. The Morgan fingerprint density at radius 1 is 1.21 bits per heavy atom. The van der Waals surface area contributed by atoms with Gasteiger partial charge in [0.2, 0.25) is 11.8 Å². The molecule has 2 amide bonds. The van der Waals surface area contributed by atoms with E-state index < -0.39 is 5.37 Å². The zero-order valence-electron chi connectivity index (χ0n) is 16.8. The highest BCUT2D eigenvalue weighted by Crippen LogP contribution is 2.44. The fourth-order valence-corrected chi connectivity index (χ4v) is 4.03. The third-order valence-electron chi connectivity index (χ3n) is 4.38. The highest BCUT2D eigenvalue weighted by molar-refractivity contribution is 8.14. The van der Waals surface area contributed by atoms with Gasteiger partial charge in [-0.1, -0.05) is 36.0 Å². The van der Waals surface area contributed by atoms with Crippen LogP contribution in [-0.4, -0.2) is 29.1 Å². The minimum Gasteiger partial charge on any atom is -0.497 e. The molecule has 1 aliphatic rings. The summed E-state index contributed by atoms with van der Waals surface area (Å²) in [6.07, 6.45) is 0. The van der Waals surface area contributed by atoms with Gasteiger partial charge in [-0.05, 0) is 36.2 Å². The lowest BCUT2D eigenvalue weighted by molar-refractivity contribution is -0.129. The van der Waals surface area contributed by atoms with Crippen molar-refractivity contribution in [1.82, 2.24) is 10.3 Å². The molecule has 1 atom stereocenters. The molecule has 1 heterocycles. The number of hydrazone groups is 1. The fourth-order valence-electron chi connectivity index (χ4n) is 2.87. The summed E-state index contributed by atoms with van der Waals surface area (Å²) >= 11 is 1.27. The van der Waals surface area contributed by atoms with Crippen LogP contribution in [-0.2, 0) is 16.2 Å². The van der Waals surface area contributed by atoms with Crippen molar-refractivity contribution in [3.05, 3.63) is 59.2 Å². The number of amides is 2.